The van der Waals surface area contributed by atoms with Gasteiger partial charge in [-0.2, -0.15) is 0 Å². The first-order chi connectivity index (χ1) is 6.49. The molecule has 0 aromatic carbocycles. The summed E-state index contributed by atoms with van der Waals surface area (Å²) >= 11 is 0. The van der Waals surface area contributed by atoms with Crippen molar-refractivity contribution < 1.29 is 9.53 Å². The van der Waals surface area contributed by atoms with Gasteiger partial charge in [0.25, 0.3) is 0 Å². The SMILES string of the molecule is COC(=O)C1(C)CCN(C(C)C)CC1. The van der Waals surface area contributed by atoms with Crippen molar-refractivity contribution in [2.24, 2.45) is 5.41 Å². The van der Waals surface area contributed by atoms with E-state index in [1.165, 1.54) is 7.11 Å². The average molecular weight is 199 g/mol. The maximum Gasteiger partial charge on any atom is 0.311 e. The number of carbonyl (C=O) groups is 1. The van der Waals surface area contributed by atoms with Gasteiger partial charge in [-0.25, -0.2) is 0 Å². The Hall–Kier alpha value is -0.570. The summed E-state index contributed by atoms with van der Waals surface area (Å²) in [7, 11) is 1.47. The first kappa shape index (κ1) is 11.5. The summed E-state index contributed by atoms with van der Waals surface area (Å²) in [5.41, 5.74) is -0.250. The summed E-state index contributed by atoms with van der Waals surface area (Å²) in [5.74, 6) is -0.0547. The van der Waals surface area contributed by atoms with Crippen LogP contribution in [0.4, 0.5) is 0 Å². The van der Waals surface area contributed by atoms with Gasteiger partial charge in [0.1, 0.15) is 0 Å². The molecule has 1 fully saturated rings. The summed E-state index contributed by atoms with van der Waals surface area (Å²) < 4.78 is 4.83. The van der Waals surface area contributed by atoms with E-state index in [0.29, 0.717) is 6.04 Å². The lowest BCUT2D eigenvalue weighted by Gasteiger charge is -2.39. The molecule has 82 valence electrons. The number of hydrogen-bond acceptors (Lipinski definition) is 3. The largest absolute Gasteiger partial charge is 0.469 e. The Morgan fingerprint density at radius 1 is 1.36 bits per heavy atom. The molecule has 0 aromatic heterocycles. The topological polar surface area (TPSA) is 29.5 Å². The van der Waals surface area contributed by atoms with E-state index < -0.39 is 0 Å². The summed E-state index contributed by atoms with van der Waals surface area (Å²) in [6.07, 6.45) is 1.83. The van der Waals surface area contributed by atoms with Crippen molar-refractivity contribution in [1.82, 2.24) is 4.90 Å². The molecule has 0 spiro atoms. The summed E-state index contributed by atoms with van der Waals surface area (Å²) in [6.45, 7) is 8.41. The fourth-order valence-corrected chi connectivity index (χ4v) is 1.98. The predicted octanol–water partition coefficient (Wildman–Crippen LogP) is 1.67. The zero-order chi connectivity index (χ0) is 10.8. The van der Waals surface area contributed by atoms with Crippen LogP contribution in [0.25, 0.3) is 0 Å². The van der Waals surface area contributed by atoms with Crippen molar-refractivity contribution >= 4 is 5.97 Å². The van der Waals surface area contributed by atoms with Gasteiger partial charge in [-0.3, -0.25) is 4.79 Å². The van der Waals surface area contributed by atoms with E-state index >= 15 is 0 Å². The number of ether oxygens (including phenoxy) is 1. The van der Waals surface area contributed by atoms with Gasteiger partial charge in [-0.1, -0.05) is 0 Å². The molecule has 1 aliphatic rings. The molecule has 14 heavy (non-hydrogen) atoms. The van der Waals surface area contributed by atoms with Crippen molar-refractivity contribution in [1.29, 1.82) is 0 Å². The highest BCUT2D eigenvalue weighted by molar-refractivity contribution is 5.76. The number of carbonyl (C=O) groups excluding carboxylic acids is 1. The van der Waals surface area contributed by atoms with E-state index in [1.807, 2.05) is 6.92 Å². The molecule has 0 aromatic rings. The predicted molar refractivity (Wildman–Crippen MR) is 56.1 cm³/mol. The van der Waals surface area contributed by atoms with Crippen molar-refractivity contribution in [3.05, 3.63) is 0 Å². The molecule has 0 saturated carbocycles. The van der Waals surface area contributed by atoms with Gasteiger partial charge in [0, 0.05) is 6.04 Å². The molecule has 1 saturated heterocycles. The van der Waals surface area contributed by atoms with Crippen LogP contribution in [0.15, 0.2) is 0 Å². The smallest absolute Gasteiger partial charge is 0.311 e. The fourth-order valence-electron chi connectivity index (χ4n) is 1.98. The number of likely N-dealkylation sites (tertiary alicyclic amines) is 1. The molecule has 0 unspecified atom stereocenters. The van der Waals surface area contributed by atoms with E-state index in [4.69, 9.17) is 4.74 Å². The lowest BCUT2D eigenvalue weighted by atomic mass is 9.80. The maximum absolute atomic E-state index is 11.5. The van der Waals surface area contributed by atoms with E-state index in [9.17, 15) is 4.79 Å². The van der Waals surface area contributed by atoms with E-state index in [-0.39, 0.29) is 11.4 Å². The van der Waals surface area contributed by atoms with Crippen LogP contribution in [-0.2, 0) is 9.53 Å². The molecule has 0 bridgehead atoms. The maximum atomic E-state index is 11.5. The normalized spacial score (nSPS) is 22.4. The lowest BCUT2D eigenvalue weighted by Crippen LogP contribution is -2.45. The molecule has 1 rings (SSSR count). The molecular weight excluding hydrogens is 178 g/mol. The minimum absolute atomic E-state index is 0.0547. The third-order valence-electron chi connectivity index (χ3n) is 3.31. The molecule has 0 amide bonds. The van der Waals surface area contributed by atoms with Gasteiger partial charge in [0.15, 0.2) is 0 Å². The Morgan fingerprint density at radius 3 is 2.21 bits per heavy atom. The third-order valence-corrected chi connectivity index (χ3v) is 3.31. The van der Waals surface area contributed by atoms with Crippen LogP contribution >= 0.6 is 0 Å². The molecule has 0 atom stereocenters. The number of nitrogens with zero attached hydrogens (tertiary/aromatic N) is 1. The van der Waals surface area contributed by atoms with E-state index in [2.05, 4.69) is 18.7 Å². The highest BCUT2D eigenvalue weighted by Gasteiger charge is 2.38. The van der Waals surface area contributed by atoms with E-state index in [1.54, 1.807) is 0 Å². The lowest BCUT2D eigenvalue weighted by molar-refractivity contribution is -0.154. The zero-order valence-corrected chi connectivity index (χ0v) is 9.67. The zero-order valence-electron chi connectivity index (χ0n) is 9.67. The summed E-state index contributed by atoms with van der Waals surface area (Å²) in [5, 5.41) is 0. The van der Waals surface area contributed by atoms with Gasteiger partial charge in [-0.05, 0) is 46.7 Å². The molecule has 3 heteroatoms. The van der Waals surface area contributed by atoms with Crippen molar-refractivity contribution in [2.45, 2.75) is 39.7 Å². The Morgan fingerprint density at radius 2 is 1.86 bits per heavy atom. The first-order valence-corrected chi connectivity index (χ1v) is 5.32. The number of esters is 1. The number of piperidine rings is 1. The van der Waals surface area contributed by atoms with Gasteiger partial charge in [0.2, 0.25) is 0 Å². The van der Waals surface area contributed by atoms with Crippen molar-refractivity contribution in [3.8, 4) is 0 Å². The Bertz CT molecular complexity index is 205. The highest BCUT2D eigenvalue weighted by Crippen LogP contribution is 2.32. The van der Waals surface area contributed by atoms with E-state index in [0.717, 1.165) is 25.9 Å². The summed E-state index contributed by atoms with van der Waals surface area (Å²) in [4.78, 5) is 13.9. The molecule has 0 N–H and O–H groups in total. The Labute approximate surface area is 86.4 Å². The monoisotopic (exact) mass is 199 g/mol. The van der Waals surface area contributed by atoms with Crippen LogP contribution in [0, 0.1) is 5.41 Å². The molecule has 1 aliphatic heterocycles. The molecule has 0 radical (unpaired) electrons. The summed E-state index contributed by atoms with van der Waals surface area (Å²) in [6, 6.07) is 0.581. The van der Waals surface area contributed by atoms with Gasteiger partial charge >= 0.3 is 5.97 Å². The molecule has 3 nitrogen and oxygen atoms in total. The van der Waals surface area contributed by atoms with Gasteiger partial charge in [0.05, 0.1) is 12.5 Å². The Kier molecular flexibility index (Phi) is 3.53. The second-order valence-electron chi connectivity index (χ2n) is 4.68. The van der Waals surface area contributed by atoms with Gasteiger partial charge in [-0.15, -0.1) is 0 Å². The van der Waals surface area contributed by atoms with Crippen molar-refractivity contribution in [3.63, 3.8) is 0 Å². The van der Waals surface area contributed by atoms with Crippen LogP contribution in [0.1, 0.15) is 33.6 Å². The molecule has 1 heterocycles. The standard InChI is InChI=1S/C11H21NO2/c1-9(2)12-7-5-11(3,6-8-12)10(13)14-4/h9H,5-8H2,1-4H3. The quantitative estimate of drug-likeness (QED) is 0.634. The second kappa shape index (κ2) is 4.30. The third kappa shape index (κ3) is 2.27. The first-order valence-electron chi connectivity index (χ1n) is 5.32. The number of hydrogen-bond donors (Lipinski definition) is 0. The number of methoxy groups -OCH3 is 1. The molecular formula is C11H21NO2. The van der Waals surface area contributed by atoms with Crippen molar-refractivity contribution in [2.75, 3.05) is 20.2 Å². The van der Waals surface area contributed by atoms with Gasteiger partial charge < -0.3 is 9.64 Å². The minimum atomic E-state index is -0.250. The minimum Gasteiger partial charge on any atom is -0.469 e. The second-order valence-corrected chi connectivity index (χ2v) is 4.68. The fraction of sp³-hybridized carbons (Fsp3) is 0.909. The highest BCUT2D eigenvalue weighted by atomic mass is 16.5. The van der Waals surface area contributed by atoms with Crippen LogP contribution in [0.5, 0.6) is 0 Å². The average Bonchev–Trinajstić information content (AvgIpc) is 2.17. The van der Waals surface area contributed by atoms with Crippen LogP contribution in [-0.4, -0.2) is 37.1 Å². The molecule has 0 aliphatic carbocycles. The van der Waals surface area contributed by atoms with Crippen LogP contribution < -0.4 is 0 Å². The van der Waals surface area contributed by atoms with Crippen LogP contribution in [0.2, 0.25) is 0 Å². The van der Waals surface area contributed by atoms with Crippen LogP contribution in [0.3, 0.4) is 0 Å². The Balaban J connectivity index is 2.53. The number of rotatable bonds is 2.